The lowest BCUT2D eigenvalue weighted by Crippen LogP contribution is -2.34. The molecular formula is C24H25F3N2O4S. The van der Waals surface area contributed by atoms with E-state index < -0.39 is 27.6 Å². The number of hydrogen-bond acceptors (Lipinski definition) is 4. The molecule has 2 N–H and O–H groups in total. The van der Waals surface area contributed by atoms with Crippen molar-refractivity contribution in [3.63, 3.8) is 0 Å². The van der Waals surface area contributed by atoms with Crippen LogP contribution in [-0.2, 0) is 16.0 Å². The van der Waals surface area contributed by atoms with E-state index in [-0.39, 0.29) is 39.7 Å². The van der Waals surface area contributed by atoms with Crippen molar-refractivity contribution >= 4 is 27.3 Å². The number of amides is 2. The number of likely N-dealkylation sites (tertiary alicyclic amines) is 1. The van der Waals surface area contributed by atoms with E-state index in [1.807, 2.05) is 0 Å². The highest BCUT2D eigenvalue weighted by Crippen LogP contribution is 2.49. The number of carbonyl (C=O) groups excluding carboxylic acids is 1. The predicted octanol–water partition coefficient (Wildman–Crippen LogP) is 5.30. The Morgan fingerprint density at radius 1 is 1.12 bits per heavy atom. The standard InChI is InChI=1S/C24H25F3N2O4S/c1-14(30)20-11-18(34(2,32)33)7-8-22(20)28-23(31)29-12-16-9-15(10-17(16)13-29)19-5-3-4-6-21(19)24(25,26)27/h3-8,11,15-17,30H,1,9-10,12-13H2,2H3,(H,28,31)/t15-,16-,17+. The quantitative estimate of drug-likeness (QED) is 0.565. The molecule has 2 aliphatic rings. The normalized spacial score (nSPS) is 22.5. The van der Waals surface area contributed by atoms with Crippen LogP contribution in [0, 0.1) is 11.8 Å². The van der Waals surface area contributed by atoms with Gasteiger partial charge < -0.3 is 15.3 Å². The summed E-state index contributed by atoms with van der Waals surface area (Å²) in [6, 6.07) is 9.23. The number of aliphatic hydroxyl groups excluding tert-OH is 1. The van der Waals surface area contributed by atoms with Gasteiger partial charge in [0, 0.05) is 24.9 Å². The second kappa shape index (κ2) is 8.65. The number of sulfone groups is 1. The molecule has 2 amide bonds. The number of benzene rings is 2. The summed E-state index contributed by atoms with van der Waals surface area (Å²) in [5, 5.41) is 12.6. The molecule has 1 aliphatic heterocycles. The van der Waals surface area contributed by atoms with Crippen LogP contribution in [0.15, 0.2) is 53.9 Å². The first-order valence-electron chi connectivity index (χ1n) is 10.8. The highest BCUT2D eigenvalue weighted by molar-refractivity contribution is 7.90. The van der Waals surface area contributed by atoms with Gasteiger partial charge in [-0.05, 0) is 60.4 Å². The summed E-state index contributed by atoms with van der Waals surface area (Å²) in [6.07, 6.45) is -2.22. The van der Waals surface area contributed by atoms with Gasteiger partial charge in [0.15, 0.2) is 9.84 Å². The molecule has 0 bridgehead atoms. The Kier molecular flexibility index (Phi) is 6.14. The minimum absolute atomic E-state index is 0.0171. The number of aliphatic hydroxyl groups is 1. The maximum Gasteiger partial charge on any atom is 0.416 e. The van der Waals surface area contributed by atoms with E-state index >= 15 is 0 Å². The van der Waals surface area contributed by atoms with Crippen molar-refractivity contribution in [1.29, 1.82) is 0 Å². The summed E-state index contributed by atoms with van der Waals surface area (Å²) < 4.78 is 63.9. The fraction of sp³-hybridized carbons (Fsp3) is 0.375. The first kappa shape index (κ1) is 24.1. The van der Waals surface area contributed by atoms with Crippen LogP contribution in [0.3, 0.4) is 0 Å². The lowest BCUT2D eigenvalue weighted by atomic mass is 9.91. The SMILES string of the molecule is C=C(O)c1cc(S(C)(=O)=O)ccc1NC(=O)N1C[C@H]2C[C@@H](c3ccccc3C(F)(F)F)C[C@H]2C1. The van der Waals surface area contributed by atoms with Gasteiger partial charge in [0.2, 0.25) is 0 Å². The van der Waals surface area contributed by atoms with Gasteiger partial charge in [-0.1, -0.05) is 24.8 Å². The molecule has 1 saturated heterocycles. The fourth-order valence-corrected chi connectivity index (χ4v) is 5.77. The lowest BCUT2D eigenvalue weighted by molar-refractivity contribution is -0.138. The Balaban J connectivity index is 1.45. The Hall–Kier alpha value is -3.01. The molecule has 34 heavy (non-hydrogen) atoms. The van der Waals surface area contributed by atoms with E-state index in [4.69, 9.17) is 0 Å². The number of urea groups is 1. The number of hydrogen-bond donors (Lipinski definition) is 2. The van der Waals surface area contributed by atoms with Crippen molar-refractivity contribution in [2.45, 2.75) is 29.8 Å². The van der Waals surface area contributed by atoms with Crippen LogP contribution in [0.25, 0.3) is 5.76 Å². The van der Waals surface area contributed by atoms with E-state index in [1.165, 1.54) is 24.3 Å². The van der Waals surface area contributed by atoms with Crippen molar-refractivity contribution in [2.24, 2.45) is 11.8 Å². The Bertz CT molecular complexity index is 1230. The minimum atomic E-state index is -4.40. The van der Waals surface area contributed by atoms with Crippen molar-refractivity contribution in [1.82, 2.24) is 4.90 Å². The summed E-state index contributed by atoms with van der Waals surface area (Å²) >= 11 is 0. The Morgan fingerprint density at radius 3 is 2.29 bits per heavy atom. The largest absolute Gasteiger partial charge is 0.508 e. The van der Waals surface area contributed by atoms with Crippen molar-refractivity contribution < 1.29 is 31.5 Å². The second-order valence-corrected chi connectivity index (χ2v) is 11.1. The Labute approximate surface area is 196 Å². The van der Waals surface area contributed by atoms with Crippen LogP contribution < -0.4 is 5.32 Å². The van der Waals surface area contributed by atoms with Gasteiger partial charge in [-0.15, -0.1) is 0 Å². The molecule has 0 aromatic heterocycles. The maximum absolute atomic E-state index is 13.4. The number of fused-ring (bicyclic) bond motifs is 1. The third-order valence-electron chi connectivity index (χ3n) is 6.72. The summed E-state index contributed by atoms with van der Waals surface area (Å²) in [4.78, 5) is 14.5. The van der Waals surface area contributed by atoms with Crippen LogP contribution in [0.5, 0.6) is 0 Å². The van der Waals surface area contributed by atoms with E-state index in [0.717, 1.165) is 12.3 Å². The van der Waals surface area contributed by atoms with Crippen molar-refractivity contribution in [3.8, 4) is 0 Å². The molecule has 182 valence electrons. The van der Waals surface area contributed by atoms with E-state index in [2.05, 4.69) is 11.9 Å². The molecule has 1 saturated carbocycles. The number of anilines is 1. The van der Waals surface area contributed by atoms with Gasteiger partial charge in [0.1, 0.15) is 5.76 Å². The van der Waals surface area contributed by atoms with Crippen molar-refractivity contribution in [2.75, 3.05) is 24.7 Å². The smallest absolute Gasteiger partial charge is 0.416 e. The molecule has 0 unspecified atom stereocenters. The zero-order valence-corrected chi connectivity index (χ0v) is 19.3. The van der Waals surface area contributed by atoms with E-state index in [9.17, 15) is 31.5 Å². The summed E-state index contributed by atoms with van der Waals surface area (Å²) in [5.41, 5.74) is 0.0415. The van der Waals surface area contributed by atoms with Gasteiger partial charge >= 0.3 is 12.2 Å². The summed E-state index contributed by atoms with van der Waals surface area (Å²) in [5.74, 6) is -0.398. The van der Waals surface area contributed by atoms with E-state index in [0.29, 0.717) is 31.5 Å². The van der Waals surface area contributed by atoms with Gasteiger partial charge in [-0.3, -0.25) is 0 Å². The number of rotatable bonds is 4. The molecule has 2 aromatic rings. The number of halogens is 3. The lowest BCUT2D eigenvalue weighted by Gasteiger charge is -2.22. The number of alkyl halides is 3. The predicted molar refractivity (Wildman–Crippen MR) is 122 cm³/mol. The molecule has 1 aliphatic carbocycles. The van der Waals surface area contributed by atoms with Crippen LogP contribution in [0.1, 0.15) is 35.4 Å². The number of carbonyl (C=O) groups is 1. The molecule has 4 rings (SSSR count). The highest BCUT2D eigenvalue weighted by Gasteiger charge is 2.45. The van der Waals surface area contributed by atoms with Gasteiger partial charge in [0.25, 0.3) is 0 Å². The molecular weight excluding hydrogens is 469 g/mol. The molecule has 10 heteroatoms. The van der Waals surface area contributed by atoms with Crippen LogP contribution in [0.2, 0.25) is 0 Å². The van der Waals surface area contributed by atoms with Crippen LogP contribution in [0.4, 0.5) is 23.7 Å². The van der Waals surface area contributed by atoms with Crippen molar-refractivity contribution in [3.05, 3.63) is 65.7 Å². The molecule has 0 spiro atoms. The summed E-state index contributed by atoms with van der Waals surface area (Å²) in [7, 11) is -3.52. The maximum atomic E-state index is 13.4. The van der Waals surface area contributed by atoms with E-state index in [1.54, 1.807) is 17.0 Å². The Morgan fingerprint density at radius 2 is 1.74 bits per heavy atom. The molecule has 3 atom stereocenters. The topological polar surface area (TPSA) is 86.7 Å². The zero-order chi connectivity index (χ0) is 24.8. The zero-order valence-electron chi connectivity index (χ0n) is 18.5. The molecule has 6 nitrogen and oxygen atoms in total. The monoisotopic (exact) mass is 494 g/mol. The molecule has 0 radical (unpaired) electrons. The minimum Gasteiger partial charge on any atom is -0.508 e. The average Bonchev–Trinajstić information content (AvgIpc) is 3.32. The molecule has 2 fully saturated rings. The third kappa shape index (κ3) is 4.77. The van der Waals surface area contributed by atoms with Gasteiger partial charge in [-0.25, -0.2) is 13.2 Å². The molecule has 1 heterocycles. The first-order valence-corrected chi connectivity index (χ1v) is 12.7. The van der Waals surface area contributed by atoms with Gasteiger partial charge in [0.05, 0.1) is 16.1 Å². The number of nitrogens with one attached hydrogen (secondary N) is 1. The number of nitrogens with zero attached hydrogens (tertiary/aromatic N) is 1. The van der Waals surface area contributed by atoms with Crippen LogP contribution >= 0.6 is 0 Å². The van der Waals surface area contributed by atoms with Crippen LogP contribution in [-0.4, -0.2) is 43.8 Å². The summed E-state index contributed by atoms with van der Waals surface area (Å²) in [6.45, 7) is 4.27. The third-order valence-corrected chi connectivity index (χ3v) is 7.83. The average molecular weight is 495 g/mol. The highest BCUT2D eigenvalue weighted by atomic mass is 32.2. The second-order valence-electron chi connectivity index (χ2n) is 9.03. The molecule has 2 aromatic carbocycles. The fourth-order valence-electron chi connectivity index (χ4n) is 5.13. The van der Waals surface area contributed by atoms with Gasteiger partial charge in [-0.2, -0.15) is 13.2 Å². The first-order chi connectivity index (χ1) is 15.8.